The zero-order valence-corrected chi connectivity index (χ0v) is 29.0. The zero-order valence-electron chi connectivity index (χ0n) is 26.7. The summed E-state index contributed by atoms with van der Waals surface area (Å²) >= 11 is 12.3. The van der Waals surface area contributed by atoms with Gasteiger partial charge in [-0.15, -0.1) is 11.5 Å². The summed E-state index contributed by atoms with van der Waals surface area (Å²) in [5.74, 6) is 1.03. The molecule has 0 bridgehead atoms. The molecule has 0 spiro atoms. The summed E-state index contributed by atoms with van der Waals surface area (Å²) in [5.41, 5.74) is -2.52. The summed E-state index contributed by atoms with van der Waals surface area (Å²) in [4.78, 5) is 45.9. The number of aryl methyl sites for hydroxylation is 1. The van der Waals surface area contributed by atoms with E-state index in [2.05, 4.69) is 26.0 Å². The number of carboxylic acids is 1. The Kier molecular flexibility index (Phi) is 12.2. The number of ether oxygens (including phenoxy) is 3. The first-order valence-corrected chi connectivity index (χ1v) is 16.6. The highest BCUT2D eigenvalue weighted by atomic mass is 35.5. The third-order valence-electron chi connectivity index (χ3n) is 6.70. The third kappa shape index (κ3) is 9.19. The number of carbonyl (C=O) groups excluding carboxylic acids is 1. The van der Waals surface area contributed by atoms with Crippen LogP contribution in [0.1, 0.15) is 34.7 Å². The SMILES string of the molecule is C#CCOc1cc(-n2nc3n(c2=O)CCCC3)c(Cl)cc1Cl.COc1cc(OC)nc(NC(=O)NS(=O)(=O)c2nc(C(F)(F)F)ccc2C(=O)O)n1. The van der Waals surface area contributed by atoms with Gasteiger partial charge in [0, 0.05) is 19.0 Å². The van der Waals surface area contributed by atoms with E-state index in [9.17, 15) is 36.0 Å². The highest BCUT2D eigenvalue weighted by Gasteiger charge is 2.36. The second kappa shape index (κ2) is 16.2. The number of amides is 2. The first-order valence-electron chi connectivity index (χ1n) is 14.4. The van der Waals surface area contributed by atoms with E-state index in [0.717, 1.165) is 25.1 Å². The lowest BCUT2D eigenvalue weighted by molar-refractivity contribution is -0.141. The summed E-state index contributed by atoms with van der Waals surface area (Å²) in [6.07, 6.45) is 2.91. The van der Waals surface area contributed by atoms with Gasteiger partial charge in [-0.2, -0.15) is 36.2 Å². The number of nitrogens with one attached hydrogen (secondary N) is 2. The Labute approximate surface area is 301 Å². The number of urea groups is 1. The van der Waals surface area contributed by atoms with Crippen LogP contribution in [0.25, 0.3) is 5.69 Å². The molecule has 17 nitrogen and oxygen atoms in total. The number of aromatic nitrogens is 6. The molecule has 0 radical (unpaired) electrons. The number of nitrogens with zero attached hydrogens (tertiary/aromatic N) is 6. The Morgan fingerprint density at radius 1 is 1.06 bits per heavy atom. The number of hydrogen-bond donors (Lipinski definition) is 3. The van der Waals surface area contributed by atoms with Crippen molar-refractivity contribution in [3.05, 3.63) is 67.9 Å². The van der Waals surface area contributed by atoms with Crippen LogP contribution in [0.4, 0.5) is 23.9 Å². The number of alkyl halides is 3. The van der Waals surface area contributed by atoms with Gasteiger partial charge in [-0.3, -0.25) is 9.88 Å². The van der Waals surface area contributed by atoms with Crippen LogP contribution in [0.3, 0.4) is 0 Å². The molecule has 0 unspecified atom stereocenters. The van der Waals surface area contributed by atoms with Gasteiger partial charge >= 0.3 is 23.9 Å². The molecule has 4 aromatic rings. The van der Waals surface area contributed by atoms with Gasteiger partial charge in [0.1, 0.15) is 23.9 Å². The number of carboxylic acid groups (broad SMARTS) is 1. The molecule has 1 aliphatic heterocycles. The molecule has 4 heterocycles. The summed E-state index contributed by atoms with van der Waals surface area (Å²) in [7, 11) is -2.66. The second-order valence-electron chi connectivity index (χ2n) is 10.1. The van der Waals surface area contributed by atoms with Crippen molar-refractivity contribution >= 4 is 51.2 Å². The van der Waals surface area contributed by atoms with Crippen molar-refractivity contribution in [1.29, 1.82) is 0 Å². The van der Waals surface area contributed by atoms with E-state index in [0.29, 0.717) is 40.2 Å². The van der Waals surface area contributed by atoms with E-state index in [1.54, 1.807) is 10.6 Å². The Morgan fingerprint density at radius 2 is 1.73 bits per heavy atom. The molecule has 23 heteroatoms. The molecule has 5 rings (SSSR count). The van der Waals surface area contributed by atoms with Crippen LogP contribution in [0.2, 0.25) is 10.0 Å². The monoisotopic (exact) mass is 788 g/mol. The van der Waals surface area contributed by atoms with Gasteiger partial charge in [-0.05, 0) is 31.0 Å². The van der Waals surface area contributed by atoms with Crippen LogP contribution in [-0.2, 0) is 29.2 Å². The van der Waals surface area contributed by atoms with Crippen molar-refractivity contribution in [2.45, 2.75) is 37.0 Å². The smallest absolute Gasteiger partial charge is 0.433 e. The fraction of sp³-hybridized carbons (Fsp3) is 0.276. The van der Waals surface area contributed by atoms with E-state index in [1.165, 1.54) is 35.8 Å². The van der Waals surface area contributed by atoms with Crippen molar-refractivity contribution in [2.75, 3.05) is 26.1 Å². The Morgan fingerprint density at radius 3 is 2.31 bits per heavy atom. The lowest BCUT2D eigenvalue weighted by atomic mass is 10.2. The molecule has 3 aromatic heterocycles. The molecule has 52 heavy (non-hydrogen) atoms. The minimum Gasteiger partial charge on any atom is -0.481 e. The number of methoxy groups -OCH3 is 2. The van der Waals surface area contributed by atoms with Gasteiger partial charge in [0.2, 0.25) is 17.7 Å². The second-order valence-corrected chi connectivity index (χ2v) is 12.5. The van der Waals surface area contributed by atoms with Gasteiger partial charge in [-0.1, -0.05) is 29.1 Å². The van der Waals surface area contributed by atoms with Crippen LogP contribution >= 0.6 is 23.2 Å². The predicted molar refractivity (Wildman–Crippen MR) is 176 cm³/mol. The average molecular weight is 790 g/mol. The zero-order chi connectivity index (χ0) is 38.4. The van der Waals surface area contributed by atoms with Gasteiger partial charge in [0.25, 0.3) is 10.0 Å². The van der Waals surface area contributed by atoms with Crippen LogP contribution < -0.4 is 29.9 Å². The maximum atomic E-state index is 12.8. The molecule has 0 aliphatic carbocycles. The summed E-state index contributed by atoms with van der Waals surface area (Å²) in [5, 5.41) is 14.5. The maximum Gasteiger partial charge on any atom is 0.433 e. The number of aromatic carboxylic acids is 1. The van der Waals surface area contributed by atoms with E-state index in [-0.39, 0.29) is 24.1 Å². The average Bonchev–Trinajstić information content (AvgIpc) is 3.42. The lowest BCUT2D eigenvalue weighted by Crippen LogP contribution is -2.36. The fourth-order valence-corrected chi connectivity index (χ4v) is 5.97. The number of fused-ring (bicyclic) bond motifs is 1. The number of terminal acetylenes is 1. The topological polar surface area (TPSA) is 219 Å². The summed E-state index contributed by atoms with van der Waals surface area (Å²) in [6, 6.07) is 3.53. The van der Waals surface area contributed by atoms with Crippen molar-refractivity contribution in [2.24, 2.45) is 0 Å². The number of benzene rings is 1. The van der Waals surface area contributed by atoms with Gasteiger partial charge < -0.3 is 19.3 Å². The van der Waals surface area contributed by atoms with E-state index >= 15 is 0 Å². The molecule has 3 N–H and O–H groups in total. The summed E-state index contributed by atoms with van der Waals surface area (Å²) in [6.45, 7) is 0.759. The molecule has 1 aliphatic rings. The number of anilines is 1. The van der Waals surface area contributed by atoms with Crippen LogP contribution in [0, 0.1) is 12.3 Å². The number of halogens is 5. The normalized spacial score (nSPS) is 12.3. The highest BCUT2D eigenvalue weighted by Crippen LogP contribution is 2.33. The lowest BCUT2D eigenvalue weighted by Gasteiger charge is -2.12. The van der Waals surface area contributed by atoms with Crippen LogP contribution in [-0.4, -0.2) is 75.7 Å². The number of carbonyl (C=O) groups is 2. The van der Waals surface area contributed by atoms with Crippen molar-refractivity contribution < 1.29 is 50.5 Å². The predicted octanol–water partition coefficient (Wildman–Crippen LogP) is 3.81. The maximum absolute atomic E-state index is 12.8. The quantitative estimate of drug-likeness (QED) is 0.206. The molecule has 0 fully saturated rings. The number of pyridine rings is 1. The molecule has 0 atom stereocenters. The molecule has 276 valence electrons. The van der Waals surface area contributed by atoms with Gasteiger partial charge in [0.15, 0.2) is 5.03 Å². The molecular formula is C29H25Cl2F3N8O9S. The minimum atomic E-state index is -5.14. The van der Waals surface area contributed by atoms with Crippen LogP contribution in [0.15, 0.2) is 40.2 Å². The van der Waals surface area contributed by atoms with Crippen molar-refractivity contribution in [1.82, 2.24) is 34.0 Å². The highest BCUT2D eigenvalue weighted by molar-refractivity contribution is 7.90. The minimum absolute atomic E-state index is 0.0623. The van der Waals surface area contributed by atoms with E-state index in [4.69, 9.17) is 48.9 Å². The number of sulfonamides is 1. The molecular weight excluding hydrogens is 764 g/mol. The van der Waals surface area contributed by atoms with Crippen LogP contribution in [0.5, 0.6) is 17.5 Å². The first-order chi connectivity index (χ1) is 24.5. The van der Waals surface area contributed by atoms with Gasteiger partial charge in [-0.25, -0.2) is 24.1 Å². The van der Waals surface area contributed by atoms with E-state index < -0.39 is 50.4 Å². The molecule has 0 saturated carbocycles. The Bertz CT molecular complexity index is 2200. The number of hydrogen-bond acceptors (Lipinski definition) is 12. The Hall–Kier alpha value is -5.59. The first kappa shape index (κ1) is 39.2. The molecule has 2 amide bonds. The van der Waals surface area contributed by atoms with E-state index in [1.807, 2.05) is 5.32 Å². The number of rotatable bonds is 9. The molecule has 1 aromatic carbocycles. The van der Waals surface area contributed by atoms with Crippen molar-refractivity contribution in [3.8, 4) is 35.5 Å². The fourth-order valence-electron chi connectivity index (χ4n) is 4.40. The Balaban J connectivity index is 0.000000243. The van der Waals surface area contributed by atoms with Gasteiger partial charge in [0.05, 0.1) is 41.6 Å². The largest absolute Gasteiger partial charge is 0.481 e. The third-order valence-corrected chi connectivity index (χ3v) is 8.57. The summed E-state index contributed by atoms with van der Waals surface area (Å²) < 4.78 is 82.5. The van der Waals surface area contributed by atoms with Crippen molar-refractivity contribution in [3.63, 3.8) is 0 Å². The molecule has 0 saturated heterocycles. The standard InChI is InChI=1S/C15H13Cl2N3O2.C14H12F3N5O7S/c1-2-7-22-13-9-12(10(16)8-11(13)17)20-15(21)19-6-4-3-5-14(19)18-20;1-28-8-5-9(29-2)20-12(19-8)21-13(25)22-30(26,27)10-6(11(23)24)3-4-7(18-10)14(15,16)17/h1,8-9H,3-7H2;3-5H,1-2H3,(H,23,24)(H2,19,20,21,22,25).